The van der Waals surface area contributed by atoms with Gasteiger partial charge in [0, 0.05) is 37.3 Å². The predicted octanol–water partition coefficient (Wildman–Crippen LogP) is 3.45. The lowest BCUT2D eigenvalue weighted by atomic mass is 10.1. The molecular formula is C24H23N5O3. The van der Waals surface area contributed by atoms with Crippen LogP contribution in [0.1, 0.15) is 33.3 Å². The quantitative estimate of drug-likeness (QED) is 0.504. The summed E-state index contributed by atoms with van der Waals surface area (Å²) < 4.78 is 11.3. The average Bonchev–Trinajstić information content (AvgIpc) is 3.49. The summed E-state index contributed by atoms with van der Waals surface area (Å²) in [5.74, 6) is 2.21. The molecule has 0 unspecified atom stereocenters. The van der Waals surface area contributed by atoms with E-state index in [1.54, 1.807) is 24.4 Å². The van der Waals surface area contributed by atoms with E-state index in [0.717, 1.165) is 34.8 Å². The van der Waals surface area contributed by atoms with E-state index in [9.17, 15) is 4.79 Å². The number of nitrogens with zero attached hydrogens (tertiary/aromatic N) is 4. The minimum atomic E-state index is -0.0814. The van der Waals surface area contributed by atoms with E-state index in [4.69, 9.17) is 9.15 Å². The lowest BCUT2D eigenvalue weighted by Crippen LogP contribution is -2.35. The van der Waals surface area contributed by atoms with Crippen molar-refractivity contribution < 1.29 is 13.9 Å². The zero-order valence-electron chi connectivity index (χ0n) is 17.7. The van der Waals surface area contributed by atoms with Gasteiger partial charge in [0.15, 0.2) is 5.89 Å². The Morgan fingerprint density at radius 2 is 2.16 bits per heavy atom. The first-order chi connectivity index (χ1) is 15.7. The molecule has 1 amide bonds. The number of H-pyrrole nitrogens is 1. The molecule has 4 aromatic rings. The van der Waals surface area contributed by atoms with Crippen LogP contribution in [0.5, 0.6) is 5.75 Å². The average molecular weight is 429 g/mol. The smallest absolute Gasteiger partial charge is 0.258 e. The normalized spacial score (nSPS) is 13.1. The molecule has 0 saturated heterocycles. The second kappa shape index (κ2) is 8.66. The molecule has 0 radical (unpaired) electrons. The van der Waals surface area contributed by atoms with Crippen LogP contribution in [0.4, 0.5) is 0 Å². The maximum atomic E-state index is 13.3. The SMILES string of the molecule is COc1cccc(-c2[nH]ncc2C(=O)N2CCc3oc(CCc4cccnc4)nc3C2)c1. The number of carbonyl (C=O) groups excluding carboxylic acids is 1. The highest BCUT2D eigenvalue weighted by Gasteiger charge is 2.28. The molecule has 8 nitrogen and oxygen atoms in total. The number of hydrogen-bond donors (Lipinski definition) is 1. The largest absolute Gasteiger partial charge is 0.497 e. The van der Waals surface area contributed by atoms with Crippen molar-refractivity contribution in [3.05, 3.63) is 83.5 Å². The summed E-state index contributed by atoms with van der Waals surface area (Å²) in [6.07, 6.45) is 7.36. The number of aromatic nitrogens is 4. The molecule has 0 aliphatic carbocycles. The van der Waals surface area contributed by atoms with Crippen LogP contribution < -0.4 is 4.74 Å². The molecule has 1 aliphatic rings. The number of nitrogens with one attached hydrogen (secondary N) is 1. The van der Waals surface area contributed by atoms with Crippen LogP contribution in [0.2, 0.25) is 0 Å². The molecule has 0 saturated carbocycles. The number of aryl methyl sites for hydroxylation is 2. The van der Waals surface area contributed by atoms with E-state index in [0.29, 0.717) is 43.1 Å². The van der Waals surface area contributed by atoms with E-state index in [1.807, 2.05) is 42.6 Å². The van der Waals surface area contributed by atoms with Crippen LogP contribution in [-0.4, -0.2) is 44.6 Å². The highest BCUT2D eigenvalue weighted by atomic mass is 16.5. The number of fused-ring (bicyclic) bond motifs is 1. The van der Waals surface area contributed by atoms with Crippen molar-refractivity contribution >= 4 is 5.91 Å². The molecule has 0 spiro atoms. The Morgan fingerprint density at radius 1 is 1.22 bits per heavy atom. The molecule has 8 heteroatoms. The van der Waals surface area contributed by atoms with Crippen LogP contribution in [0.25, 0.3) is 11.3 Å². The monoisotopic (exact) mass is 429 g/mol. The molecule has 162 valence electrons. The number of aromatic amines is 1. The summed E-state index contributed by atoms with van der Waals surface area (Å²) in [7, 11) is 1.62. The van der Waals surface area contributed by atoms with E-state index in [-0.39, 0.29) is 5.91 Å². The number of pyridine rings is 1. The van der Waals surface area contributed by atoms with Gasteiger partial charge in [-0.1, -0.05) is 18.2 Å². The molecule has 4 heterocycles. The zero-order valence-corrected chi connectivity index (χ0v) is 17.7. The minimum absolute atomic E-state index is 0.0814. The van der Waals surface area contributed by atoms with Crippen molar-refractivity contribution in [3.63, 3.8) is 0 Å². The van der Waals surface area contributed by atoms with Gasteiger partial charge in [-0.25, -0.2) is 4.98 Å². The van der Waals surface area contributed by atoms with Crippen molar-refractivity contribution in [2.75, 3.05) is 13.7 Å². The molecule has 0 bridgehead atoms. The Labute approximate surface area is 185 Å². The van der Waals surface area contributed by atoms with Gasteiger partial charge in [0.05, 0.1) is 31.1 Å². The van der Waals surface area contributed by atoms with Gasteiger partial charge in [-0.05, 0) is 30.2 Å². The molecular weight excluding hydrogens is 406 g/mol. The lowest BCUT2D eigenvalue weighted by Gasteiger charge is -2.25. The number of methoxy groups -OCH3 is 1. The Kier molecular flexibility index (Phi) is 5.41. The third-order valence-electron chi connectivity index (χ3n) is 5.64. The van der Waals surface area contributed by atoms with E-state index in [1.165, 1.54) is 0 Å². The molecule has 3 aromatic heterocycles. The van der Waals surface area contributed by atoms with Gasteiger partial charge >= 0.3 is 0 Å². The summed E-state index contributed by atoms with van der Waals surface area (Å²) in [4.78, 5) is 23.9. The van der Waals surface area contributed by atoms with Gasteiger partial charge in [-0.2, -0.15) is 5.10 Å². The lowest BCUT2D eigenvalue weighted by molar-refractivity contribution is 0.0728. The number of hydrogen-bond acceptors (Lipinski definition) is 6. The third-order valence-corrected chi connectivity index (χ3v) is 5.64. The highest BCUT2D eigenvalue weighted by Crippen LogP contribution is 2.28. The Balaban J connectivity index is 1.30. The van der Waals surface area contributed by atoms with Crippen molar-refractivity contribution in [2.45, 2.75) is 25.8 Å². The fourth-order valence-corrected chi connectivity index (χ4v) is 3.95. The summed E-state index contributed by atoms with van der Waals surface area (Å²) in [5, 5.41) is 7.08. The van der Waals surface area contributed by atoms with Crippen molar-refractivity contribution in [1.29, 1.82) is 0 Å². The maximum absolute atomic E-state index is 13.3. The third kappa shape index (κ3) is 3.99. The number of oxazole rings is 1. The Hall–Kier alpha value is -3.94. The van der Waals surface area contributed by atoms with Gasteiger partial charge in [-0.15, -0.1) is 0 Å². The molecule has 0 atom stereocenters. The molecule has 5 rings (SSSR count). The number of benzene rings is 1. The van der Waals surface area contributed by atoms with Crippen LogP contribution in [0, 0.1) is 0 Å². The van der Waals surface area contributed by atoms with Crippen molar-refractivity contribution in [3.8, 4) is 17.0 Å². The maximum Gasteiger partial charge on any atom is 0.258 e. The van der Waals surface area contributed by atoms with E-state index in [2.05, 4.69) is 20.2 Å². The summed E-state index contributed by atoms with van der Waals surface area (Å²) in [5.41, 5.74) is 4.03. The van der Waals surface area contributed by atoms with Gasteiger partial charge in [0.1, 0.15) is 17.2 Å². The molecule has 1 aromatic carbocycles. The fourth-order valence-electron chi connectivity index (χ4n) is 3.95. The second-order valence-corrected chi connectivity index (χ2v) is 7.71. The standard InChI is InChI=1S/C24H23N5O3/c1-31-18-6-2-5-17(12-18)23-19(14-26-28-23)24(30)29-11-9-21-20(15-29)27-22(32-21)8-7-16-4-3-10-25-13-16/h2-6,10,12-14H,7-9,11,15H2,1H3,(H,26,28). The highest BCUT2D eigenvalue weighted by molar-refractivity contribution is 5.99. The molecule has 1 N–H and O–H groups in total. The van der Waals surface area contributed by atoms with Gasteiger partial charge in [0.2, 0.25) is 0 Å². The molecule has 32 heavy (non-hydrogen) atoms. The minimum Gasteiger partial charge on any atom is -0.497 e. The Morgan fingerprint density at radius 3 is 3.00 bits per heavy atom. The number of carbonyl (C=O) groups is 1. The first-order valence-electron chi connectivity index (χ1n) is 10.5. The molecule has 0 fully saturated rings. The van der Waals surface area contributed by atoms with E-state index < -0.39 is 0 Å². The summed E-state index contributed by atoms with van der Waals surface area (Å²) in [6.45, 7) is 0.999. The van der Waals surface area contributed by atoms with E-state index >= 15 is 0 Å². The van der Waals surface area contributed by atoms with Crippen LogP contribution >= 0.6 is 0 Å². The van der Waals surface area contributed by atoms with Crippen molar-refractivity contribution in [1.82, 2.24) is 25.1 Å². The first-order valence-corrected chi connectivity index (χ1v) is 10.5. The van der Waals surface area contributed by atoms with Crippen molar-refractivity contribution in [2.24, 2.45) is 0 Å². The number of amides is 1. The van der Waals surface area contributed by atoms with Crippen LogP contribution in [-0.2, 0) is 25.8 Å². The number of rotatable bonds is 6. The first kappa shape index (κ1) is 20.0. The zero-order chi connectivity index (χ0) is 21.9. The van der Waals surface area contributed by atoms with Crippen LogP contribution in [0.3, 0.4) is 0 Å². The topological polar surface area (TPSA) is 97.1 Å². The van der Waals surface area contributed by atoms with Crippen LogP contribution in [0.15, 0.2) is 59.4 Å². The second-order valence-electron chi connectivity index (χ2n) is 7.71. The fraction of sp³-hybridized carbons (Fsp3) is 0.250. The van der Waals surface area contributed by atoms with Gasteiger partial charge < -0.3 is 14.1 Å². The van der Waals surface area contributed by atoms with Gasteiger partial charge in [0.25, 0.3) is 5.91 Å². The Bertz CT molecular complexity index is 1230. The summed E-state index contributed by atoms with van der Waals surface area (Å²) >= 11 is 0. The number of ether oxygens (including phenoxy) is 1. The van der Waals surface area contributed by atoms with Gasteiger partial charge in [-0.3, -0.25) is 14.9 Å². The summed E-state index contributed by atoms with van der Waals surface area (Å²) in [6, 6.07) is 11.5. The molecule has 1 aliphatic heterocycles. The predicted molar refractivity (Wildman–Crippen MR) is 117 cm³/mol.